The molecule has 0 amide bonds. The minimum absolute atomic E-state index is 0.0756. The molecule has 0 saturated carbocycles. The predicted octanol–water partition coefficient (Wildman–Crippen LogP) is 2.76. The van der Waals surface area contributed by atoms with Gasteiger partial charge in [0.15, 0.2) is 5.82 Å². The zero-order valence-corrected chi connectivity index (χ0v) is 16.8. The van der Waals surface area contributed by atoms with Crippen LogP contribution in [0.4, 0.5) is 0 Å². The maximum Gasteiger partial charge on any atom is 0.182 e. The van der Waals surface area contributed by atoms with Crippen molar-refractivity contribution >= 4 is 16.9 Å². The van der Waals surface area contributed by atoms with E-state index in [2.05, 4.69) is 40.0 Å². The van der Waals surface area contributed by atoms with Gasteiger partial charge >= 0.3 is 0 Å². The van der Waals surface area contributed by atoms with Crippen molar-refractivity contribution in [1.82, 2.24) is 29.8 Å². The van der Waals surface area contributed by atoms with E-state index >= 15 is 0 Å². The first-order valence-corrected chi connectivity index (χ1v) is 9.57. The molecule has 0 fully saturated rings. The number of amidine groups is 1. The van der Waals surface area contributed by atoms with E-state index in [-0.39, 0.29) is 5.84 Å². The fraction of sp³-hybridized carbons (Fsp3) is 0.286. The quantitative estimate of drug-likeness (QED) is 0.390. The molecule has 0 radical (unpaired) electrons. The lowest BCUT2D eigenvalue weighted by atomic mass is 10.1. The third kappa shape index (κ3) is 3.73. The monoisotopic (exact) mass is 388 g/mol. The van der Waals surface area contributed by atoms with Gasteiger partial charge in [0.05, 0.1) is 11.0 Å². The highest BCUT2D eigenvalue weighted by Crippen LogP contribution is 2.24. The van der Waals surface area contributed by atoms with Gasteiger partial charge in [0.25, 0.3) is 0 Å². The molecule has 8 heteroatoms. The third-order valence-electron chi connectivity index (χ3n) is 4.93. The molecule has 2 aromatic heterocycles. The van der Waals surface area contributed by atoms with Gasteiger partial charge in [0.1, 0.15) is 11.7 Å². The Morgan fingerprint density at radius 1 is 1.14 bits per heavy atom. The molecular weight excluding hydrogens is 364 g/mol. The highest BCUT2D eigenvalue weighted by atomic mass is 15.5. The Labute approximate surface area is 168 Å². The summed E-state index contributed by atoms with van der Waals surface area (Å²) in [4.78, 5) is 4.84. The van der Waals surface area contributed by atoms with Gasteiger partial charge in [-0.15, -0.1) is 5.10 Å². The molecule has 0 atom stereocenters. The molecule has 0 saturated heterocycles. The molecule has 0 unspecified atom stereocenters. The first kappa shape index (κ1) is 18.8. The van der Waals surface area contributed by atoms with E-state index in [1.165, 1.54) is 0 Å². The summed E-state index contributed by atoms with van der Waals surface area (Å²) in [6.45, 7) is 5.05. The van der Waals surface area contributed by atoms with Crippen molar-refractivity contribution in [3.63, 3.8) is 0 Å². The maximum absolute atomic E-state index is 7.51. The second-order valence-electron chi connectivity index (χ2n) is 7.66. The van der Waals surface area contributed by atoms with Crippen LogP contribution in [0.2, 0.25) is 0 Å². The average molecular weight is 388 g/mol. The van der Waals surface area contributed by atoms with Crippen molar-refractivity contribution in [2.45, 2.75) is 26.8 Å². The molecule has 0 spiro atoms. The minimum atomic E-state index is 0.0756. The number of hydrogen-bond acceptors (Lipinski definition) is 5. The lowest BCUT2D eigenvalue weighted by molar-refractivity contribution is 0.475. The van der Waals surface area contributed by atoms with Gasteiger partial charge in [-0.2, -0.15) is 0 Å². The smallest absolute Gasteiger partial charge is 0.182 e. The number of aromatic nitrogens is 6. The molecule has 8 nitrogen and oxygen atoms in total. The number of benzene rings is 2. The van der Waals surface area contributed by atoms with Gasteiger partial charge in [0.2, 0.25) is 0 Å². The third-order valence-corrected chi connectivity index (χ3v) is 4.93. The van der Waals surface area contributed by atoms with Crippen LogP contribution in [0, 0.1) is 11.3 Å². The predicted molar refractivity (Wildman–Crippen MR) is 113 cm³/mol. The number of nitrogens with two attached hydrogens (primary N) is 1. The summed E-state index contributed by atoms with van der Waals surface area (Å²) in [7, 11) is 2.02. The lowest BCUT2D eigenvalue weighted by Gasteiger charge is -2.07. The number of rotatable bonds is 6. The highest BCUT2D eigenvalue weighted by molar-refractivity contribution is 5.94. The SMILES string of the molecule is CC(C)Cn1nnnc1-c1ccc2c(c1)nc(Cc1ccc(C(=N)N)cc1)n2C. The molecule has 0 aliphatic heterocycles. The largest absolute Gasteiger partial charge is 0.384 e. The summed E-state index contributed by atoms with van der Waals surface area (Å²) in [6, 6.07) is 13.9. The molecule has 2 aromatic carbocycles. The molecule has 2 heterocycles. The number of nitrogen functional groups attached to an aromatic ring is 1. The molecule has 0 aliphatic carbocycles. The molecule has 3 N–H and O–H groups in total. The topological polar surface area (TPSA) is 111 Å². The Morgan fingerprint density at radius 3 is 2.59 bits per heavy atom. The van der Waals surface area contributed by atoms with Crippen molar-refractivity contribution in [1.29, 1.82) is 5.41 Å². The molecule has 29 heavy (non-hydrogen) atoms. The van der Waals surface area contributed by atoms with Crippen molar-refractivity contribution in [2.24, 2.45) is 18.7 Å². The standard InChI is InChI=1S/C21H24N8/c1-13(2)12-29-21(25-26-27-29)16-8-9-18-17(11-16)24-19(28(18)3)10-14-4-6-15(7-5-14)20(22)23/h4-9,11,13H,10,12H2,1-3H3,(H3,22,23). The van der Waals surface area contributed by atoms with E-state index in [4.69, 9.17) is 16.1 Å². The fourth-order valence-corrected chi connectivity index (χ4v) is 3.41. The van der Waals surface area contributed by atoms with Crippen LogP contribution in [-0.2, 0) is 20.0 Å². The van der Waals surface area contributed by atoms with E-state index in [0.29, 0.717) is 12.3 Å². The number of nitrogens with one attached hydrogen (secondary N) is 1. The Kier molecular flexibility index (Phi) is 4.84. The van der Waals surface area contributed by atoms with E-state index in [9.17, 15) is 0 Å². The number of imidazole rings is 1. The summed E-state index contributed by atoms with van der Waals surface area (Å²) in [5.41, 5.74) is 10.3. The summed E-state index contributed by atoms with van der Waals surface area (Å²) in [5.74, 6) is 2.26. The van der Waals surface area contributed by atoms with Crippen LogP contribution in [0.3, 0.4) is 0 Å². The highest BCUT2D eigenvalue weighted by Gasteiger charge is 2.14. The lowest BCUT2D eigenvalue weighted by Crippen LogP contribution is -2.10. The van der Waals surface area contributed by atoms with Crippen LogP contribution in [0.25, 0.3) is 22.4 Å². The van der Waals surface area contributed by atoms with Crippen LogP contribution >= 0.6 is 0 Å². The number of aryl methyl sites for hydroxylation is 1. The van der Waals surface area contributed by atoms with E-state index in [1.807, 2.05) is 48.1 Å². The number of nitrogens with zero attached hydrogens (tertiary/aromatic N) is 6. The number of fused-ring (bicyclic) bond motifs is 1. The van der Waals surface area contributed by atoms with Crippen LogP contribution in [-0.4, -0.2) is 35.6 Å². The Balaban J connectivity index is 1.65. The fourth-order valence-electron chi connectivity index (χ4n) is 3.41. The first-order valence-electron chi connectivity index (χ1n) is 9.57. The summed E-state index contributed by atoms with van der Waals surface area (Å²) < 4.78 is 3.95. The first-order chi connectivity index (χ1) is 13.9. The van der Waals surface area contributed by atoms with E-state index in [0.717, 1.165) is 45.9 Å². The van der Waals surface area contributed by atoms with E-state index in [1.54, 1.807) is 0 Å². The molecule has 148 valence electrons. The molecular formula is C21H24N8. The second-order valence-corrected chi connectivity index (χ2v) is 7.66. The molecule has 4 aromatic rings. The Hall–Kier alpha value is -3.55. The van der Waals surface area contributed by atoms with Crippen LogP contribution in [0.1, 0.15) is 30.8 Å². The Bertz CT molecular complexity index is 1170. The summed E-state index contributed by atoms with van der Waals surface area (Å²) in [5, 5.41) is 19.7. The van der Waals surface area contributed by atoms with Gasteiger partial charge < -0.3 is 10.3 Å². The van der Waals surface area contributed by atoms with Gasteiger partial charge in [-0.1, -0.05) is 38.1 Å². The molecule has 0 bridgehead atoms. The van der Waals surface area contributed by atoms with Crippen LogP contribution in [0.15, 0.2) is 42.5 Å². The van der Waals surface area contributed by atoms with Crippen molar-refractivity contribution in [3.8, 4) is 11.4 Å². The van der Waals surface area contributed by atoms with Gasteiger partial charge in [-0.25, -0.2) is 9.67 Å². The summed E-state index contributed by atoms with van der Waals surface area (Å²) in [6.07, 6.45) is 0.698. The number of tetrazole rings is 1. The molecule has 0 aliphatic rings. The van der Waals surface area contributed by atoms with Crippen molar-refractivity contribution in [2.75, 3.05) is 0 Å². The van der Waals surface area contributed by atoms with Gasteiger partial charge in [-0.3, -0.25) is 5.41 Å². The normalized spacial score (nSPS) is 11.4. The number of hydrogen-bond donors (Lipinski definition) is 2. The van der Waals surface area contributed by atoms with Crippen LogP contribution in [0.5, 0.6) is 0 Å². The van der Waals surface area contributed by atoms with Crippen LogP contribution < -0.4 is 5.73 Å². The summed E-state index contributed by atoms with van der Waals surface area (Å²) >= 11 is 0. The second kappa shape index (κ2) is 7.46. The maximum atomic E-state index is 7.51. The Morgan fingerprint density at radius 2 is 1.90 bits per heavy atom. The molecule has 4 rings (SSSR count). The van der Waals surface area contributed by atoms with Gasteiger partial charge in [0, 0.05) is 31.1 Å². The van der Waals surface area contributed by atoms with Gasteiger partial charge in [-0.05, 0) is 40.1 Å². The zero-order valence-electron chi connectivity index (χ0n) is 16.8. The van der Waals surface area contributed by atoms with E-state index < -0.39 is 0 Å². The van der Waals surface area contributed by atoms with Crippen molar-refractivity contribution in [3.05, 3.63) is 59.4 Å². The minimum Gasteiger partial charge on any atom is -0.384 e. The average Bonchev–Trinajstić information content (AvgIpc) is 3.26. The zero-order chi connectivity index (χ0) is 20.5. The van der Waals surface area contributed by atoms with Crippen molar-refractivity contribution < 1.29 is 0 Å².